The van der Waals surface area contributed by atoms with Crippen molar-refractivity contribution < 1.29 is 23.8 Å². The van der Waals surface area contributed by atoms with Crippen molar-refractivity contribution in [3.63, 3.8) is 0 Å². The van der Waals surface area contributed by atoms with Gasteiger partial charge in [0.2, 0.25) is 0 Å². The van der Waals surface area contributed by atoms with Crippen LogP contribution in [0.1, 0.15) is 31.2 Å². The number of hydrogen-bond acceptors (Lipinski definition) is 3. The van der Waals surface area contributed by atoms with E-state index in [2.05, 4.69) is 0 Å². The summed E-state index contributed by atoms with van der Waals surface area (Å²) in [5.74, 6) is -0.327. The summed E-state index contributed by atoms with van der Waals surface area (Å²) in [4.78, 5) is 10.5. The number of aliphatic carboxylic acids is 1. The van der Waals surface area contributed by atoms with Crippen molar-refractivity contribution in [1.29, 1.82) is 0 Å². The van der Waals surface area contributed by atoms with Gasteiger partial charge >= 0.3 is 5.97 Å². The maximum absolute atomic E-state index is 13.5. The summed E-state index contributed by atoms with van der Waals surface area (Å²) in [5.41, 5.74) is 0.671. The zero-order chi connectivity index (χ0) is 13.8. The molecule has 0 bridgehead atoms. The van der Waals surface area contributed by atoms with Crippen LogP contribution in [-0.4, -0.2) is 24.3 Å². The van der Waals surface area contributed by atoms with Crippen molar-refractivity contribution in [3.05, 3.63) is 23.5 Å². The van der Waals surface area contributed by atoms with Crippen LogP contribution in [0.2, 0.25) is 0 Å². The van der Waals surface area contributed by atoms with Gasteiger partial charge in [0, 0.05) is 18.1 Å². The Morgan fingerprint density at radius 2 is 2.21 bits per heavy atom. The number of halogens is 1. The van der Waals surface area contributed by atoms with Crippen LogP contribution in [0.4, 0.5) is 4.39 Å². The van der Waals surface area contributed by atoms with E-state index in [0.29, 0.717) is 29.9 Å². The summed E-state index contributed by atoms with van der Waals surface area (Å²) < 4.78 is 24.4. The van der Waals surface area contributed by atoms with Crippen molar-refractivity contribution in [2.75, 3.05) is 7.11 Å². The molecule has 1 aromatic carbocycles. The first kappa shape index (κ1) is 13.6. The summed E-state index contributed by atoms with van der Waals surface area (Å²) >= 11 is 0. The Morgan fingerprint density at radius 3 is 2.79 bits per heavy atom. The van der Waals surface area contributed by atoms with Gasteiger partial charge in [0.05, 0.1) is 13.2 Å². The molecule has 0 spiro atoms. The molecule has 1 aliphatic carbocycles. The normalized spacial score (nSPS) is 14.2. The minimum absolute atomic E-state index is 0.0572. The van der Waals surface area contributed by atoms with Gasteiger partial charge in [0.1, 0.15) is 5.82 Å². The Labute approximate surface area is 111 Å². The number of methoxy groups -OCH3 is 1. The molecule has 104 valence electrons. The van der Waals surface area contributed by atoms with Crippen molar-refractivity contribution in [1.82, 2.24) is 0 Å². The lowest BCUT2D eigenvalue weighted by Crippen LogP contribution is -2.04. The Morgan fingerprint density at radius 1 is 1.47 bits per heavy atom. The van der Waals surface area contributed by atoms with Gasteiger partial charge in [-0.25, -0.2) is 4.39 Å². The predicted molar refractivity (Wildman–Crippen MR) is 67.2 cm³/mol. The molecule has 2 rings (SSSR count). The van der Waals surface area contributed by atoms with E-state index >= 15 is 0 Å². The molecule has 0 amide bonds. The smallest absolute Gasteiger partial charge is 0.303 e. The average Bonchev–Trinajstić information content (AvgIpc) is 3.15. The highest BCUT2D eigenvalue weighted by Crippen LogP contribution is 2.38. The van der Waals surface area contributed by atoms with Gasteiger partial charge in [-0.1, -0.05) is 0 Å². The molecule has 19 heavy (non-hydrogen) atoms. The van der Waals surface area contributed by atoms with E-state index in [0.717, 1.165) is 12.8 Å². The van der Waals surface area contributed by atoms with Crippen molar-refractivity contribution >= 4 is 5.97 Å². The topological polar surface area (TPSA) is 55.8 Å². The summed E-state index contributed by atoms with van der Waals surface area (Å²) in [6.07, 6.45) is 3.13. The lowest BCUT2D eigenvalue weighted by molar-refractivity contribution is -0.137. The highest BCUT2D eigenvalue weighted by molar-refractivity contribution is 5.66. The minimum atomic E-state index is -0.854. The molecule has 1 aliphatic rings. The molecule has 1 N–H and O–H groups in total. The van der Waals surface area contributed by atoms with Gasteiger partial charge in [-0.2, -0.15) is 0 Å². The van der Waals surface area contributed by atoms with Gasteiger partial charge in [-0.05, 0) is 31.7 Å². The standard InChI is InChI=1S/C14H17FO4/c1-18-12-8-10(15)7-9(3-2-4-13(16)17)14(12)19-11-5-6-11/h7-8,11H,2-6H2,1H3,(H,16,17). The third kappa shape index (κ3) is 3.84. The Bertz CT molecular complexity index is 469. The Balaban J connectivity index is 2.17. The fourth-order valence-corrected chi connectivity index (χ4v) is 1.88. The van der Waals surface area contributed by atoms with Gasteiger partial charge in [0.25, 0.3) is 0 Å². The van der Waals surface area contributed by atoms with Crippen LogP contribution in [0.5, 0.6) is 11.5 Å². The SMILES string of the molecule is COc1cc(F)cc(CCCC(=O)O)c1OC1CC1. The Hall–Kier alpha value is -1.78. The maximum Gasteiger partial charge on any atom is 0.303 e. The quantitative estimate of drug-likeness (QED) is 0.826. The molecule has 0 radical (unpaired) electrons. The first-order valence-electron chi connectivity index (χ1n) is 6.35. The summed E-state index contributed by atoms with van der Waals surface area (Å²) in [6.45, 7) is 0. The van der Waals surface area contributed by atoms with E-state index < -0.39 is 11.8 Å². The molecule has 5 heteroatoms. The van der Waals surface area contributed by atoms with E-state index in [9.17, 15) is 9.18 Å². The lowest BCUT2D eigenvalue weighted by Gasteiger charge is -2.15. The number of hydrogen-bond donors (Lipinski definition) is 1. The summed E-state index contributed by atoms with van der Waals surface area (Å²) in [7, 11) is 1.47. The molecule has 4 nitrogen and oxygen atoms in total. The van der Waals surface area contributed by atoms with Crippen LogP contribution in [0.25, 0.3) is 0 Å². The second-order valence-electron chi connectivity index (χ2n) is 4.66. The molecule has 1 aromatic rings. The number of carbonyl (C=O) groups is 1. The molecular formula is C14H17FO4. The number of ether oxygens (including phenoxy) is 2. The molecule has 0 aliphatic heterocycles. The molecule has 0 saturated heterocycles. The van der Waals surface area contributed by atoms with Gasteiger partial charge < -0.3 is 14.6 Å². The van der Waals surface area contributed by atoms with Crippen molar-refractivity contribution in [3.8, 4) is 11.5 Å². The first-order valence-corrected chi connectivity index (χ1v) is 6.35. The van der Waals surface area contributed by atoms with Crippen LogP contribution in [-0.2, 0) is 11.2 Å². The number of rotatable bonds is 7. The van der Waals surface area contributed by atoms with Gasteiger partial charge in [-0.3, -0.25) is 4.79 Å². The molecule has 1 fully saturated rings. The fraction of sp³-hybridized carbons (Fsp3) is 0.500. The summed E-state index contributed by atoms with van der Waals surface area (Å²) in [6, 6.07) is 2.68. The average molecular weight is 268 g/mol. The van der Waals surface area contributed by atoms with E-state index in [4.69, 9.17) is 14.6 Å². The predicted octanol–water partition coefficient (Wildman–Crippen LogP) is 2.78. The second-order valence-corrected chi connectivity index (χ2v) is 4.66. The number of aryl methyl sites for hydroxylation is 1. The molecule has 1 saturated carbocycles. The van der Waals surface area contributed by atoms with E-state index in [1.165, 1.54) is 19.2 Å². The fourth-order valence-electron chi connectivity index (χ4n) is 1.88. The molecular weight excluding hydrogens is 251 g/mol. The summed E-state index contributed by atoms with van der Waals surface area (Å²) in [5, 5.41) is 8.64. The monoisotopic (exact) mass is 268 g/mol. The molecule has 0 unspecified atom stereocenters. The number of benzene rings is 1. The second kappa shape index (κ2) is 5.91. The molecule has 0 atom stereocenters. The van der Waals surface area contributed by atoms with Crippen LogP contribution in [0, 0.1) is 5.82 Å². The van der Waals surface area contributed by atoms with Gasteiger partial charge in [-0.15, -0.1) is 0 Å². The van der Waals surface area contributed by atoms with Crippen molar-refractivity contribution in [2.24, 2.45) is 0 Å². The highest BCUT2D eigenvalue weighted by atomic mass is 19.1. The van der Waals surface area contributed by atoms with Crippen LogP contribution >= 0.6 is 0 Å². The maximum atomic E-state index is 13.5. The Kier molecular flexibility index (Phi) is 4.24. The largest absolute Gasteiger partial charge is 0.493 e. The van der Waals surface area contributed by atoms with Gasteiger partial charge in [0.15, 0.2) is 11.5 Å². The minimum Gasteiger partial charge on any atom is -0.493 e. The zero-order valence-electron chi connectivity index (χ0n) is 10.8. The first-order chi connectivity index (χ1) is 9.10. The van der Waals surface area contributed by atoms with Crippen molar-refractivity contribution in [2.45, 2.75) is 38.2 Å². The third-order valence-corrected chi connectivity index (χ3v) is 2.96. The lowest BCUT2D eigenvalue weighted by atomic mass is 10.1. The molecule has 0 heterocycles. The van der Waals surface area contributed by atoms with Crippen LogP contribution in [0.15, 0.2) is 12.1 Å². The van der Waals surface area contributed by atoms with E-state index in [-0.39, 0.29) is 12.5 Å². The molecule has 0 aromatic heterocycles. The number of carboxylic acid groups (broad SMARTS) is 1. The third-order valence-electron chi connectivity index (χ3n) is 2.96. The highest BCUT2D eigenvalue weighted by Gasteiger charge is 2.26. The zero-order valence-corrected chi connectivity index (χ0v) is 10.8. The van der Waals surface area contributed by atoms with Crippen LogP contribution < -0.4 is 9.47 Å². The van der Waals surface area contributed by atoms with E-state index in [1.54, 1.807) is 0 Å². The number of carboxylic acids is 1. The van der Waals surface area contributed by atoms with Crippen LogP contribution in [0.3, 0.4) is 0 Å². The van der Waals surface area contributed by atoms with E-state index in [1.807, 2.05) is 0 Å².